The van der Waals surface area contributed by atoms with Crippen molar-refractivity contribution in [2.24, 2.45) is 5.92 Å². The second-order valence-corrected chi connectivity index (χ2v) is 6.44. The Bertz CT molecular complexity index is 329. The maximum absolute atomic E-state index is 12.0. The smallest absolute Gasteiger partial charge is 0.309 e. The quantitative estimate of drug-likeness (QED) is 0.683. The fourth-order valence-electron chi connectivity index (χ4n) is 1.59. The minimum Gasteiger partial charge on any atom is -0.469 e. The number of rotatable bonds is 8. The maximum Gasteiger partial charge on any atom is 0.309 e. The Kier molecular flexibility index (Phi) is 8.63. The molecule has 1 amide bonds. The molecule has 6 heteroatoms. The molecule has 0 aromatic heterocycles. The van der Waals surface area contributed by atoms with E-state index in [9.17, 15) is 13.8 Å². The summed E-state index contributed by atoms with van der Waals surface area (Å²) >= 11 is 0. The molecule has 0 spiro atoms. The zero-order chi connectivity index (χ0) is 15.0. The summed E-state index contributed by atoms with van der Waals surface area (Å²) < 4.78 is 16.6. The van der Waals surface area contributed by atoms with Gasteiger partial charge in [0.05, 0.1) is 13.0 Å². The van der Waals surface area contributed by atoms with Crippen molar-refractivity contribution in [3.05, 3.63) is 0 Å². The zero-order valence-electron chi connectivity index (χ0n) is 12.4. The molecular formula is C13H25NO4S. The van der Waals surface area contributed by atoms with E-state index in [1.165, 1.54) is 7.11 Å². The van der Waals surface area contributed by atoms with E-state index in [1.807, 2.05) is 13.8 Å². The fraction of sp³-hybridized carbons (Fsp3) is 0.846. The largest absolute Gasteiger partial charge is 0.469 e. The Morgan fingerprint density at radius 3 is 2.16 bits per heavy atom. The van der Waals surface area contributed by atoms with Crippen molar-refractivity contribution in [3.8, 4) is 0 Å². The number of hydrogen-bond acceptors (Lipinski definition) is 4. The van der Waals surface area contributed by atoms with Crippen molar-refractivity contribution in [1.82, 2.24) is 5.32 Å². The van der Waals surface area contributed by atoms with Crippen LogP contribution in [0.4, 0.5) is 0 Å². The minimum atomic E-state index is -1.38. The minimum absolute atomic E-state index is 0.116. The molecule has 0 aliphatic carbocycles. The van der Waals surface area contributed by atoms with Gasteiger partial charge in [-0.1, -0.05) is 20.8 Å². The molecule has 0 saturated heterocycles. The molecule has 0 aliphatic rings. The molecule has 0 fully saturated rings. The number of nitrogens with one attached hydrogen (secondary N) is 1. The van der Waals surface area contributed by atoms with E-state index in [2.05, 4.69) is 10.1 Å². The first-order chi connectivity index (χ1) is 8.87. The Morgan fingerprint density at radius 2 is 1.74 bits per heavy atom. The van der Waals surface area contributed by atoms with E-state index < -0.39 is 27.9 Å². The molecule has 19 heavy (non-hydrogen) atoms. The van der Waals surface area contributed by atoms with Crippen LogP contribution in [0, 0.1) is 5.92 Å². The molecule has 0 saturated carbocycles. The lowest BCUT2D eigenvalue weighted by atomic mass is 10.2. The molecule has 112 valence electrons. The third-order valence-corrected chi connectivity index (χ3v) is 4.94. The molecule has 5 nitrogen and oxygen atoms in total. The number of carbonyl (C=O) groups excluding carboxylic acids is 2. The summed E-state index contributed by atoms with van der Waals surface area (Å²) in [4.78, 5) is 23.2. The molecule has 0 heterocycles. The van der Waals surface area contributed by atoms with Crippen molar-refractivity contribution in [2.45, 2.75) is 51.8 Å². The summed E-state index contributed by atoms with van der Waals surface area (Å²) in [5.74, 6) is -0.941. The number of esters is 1. The van der Waals surface area contributed by atoms with E-state index in [0.717, 1.165) is 12.8 Å². The van der Waals surface area contributed by atoms with Gasteiger partial charge in [-0.15, -0.1) is 0 Å². The predicted molar refractivity (Wildman–Crippen MR) is 76.2 cm³/mol. The van der Waals surface area contributed by atoms with Gasteiger partial charge in [0.1, 0.15) is 5.25 Å². The Balaban J connectivity index is 4.40. The lowest BCUT2D eigenvalue weighted by Crippen LogP contribution is -2.42. The fourth-order valence-corrected chi connectivity index (χ4v) is 2.82. The normalized spacial score (nSPS) is 15.7. The first kappa shape index (κ1) is 18.1. The lowest BCUT2D eigenvalue weighted by molar-refractivity contribution is -0.144. The van der Waals surface area contributed by atoms with Gasteiger partial charge in [0.15, 0.2) is 0 Å². The van der Waals surface area contributed by atoms with Crippen LogP contribution < -0.4 is 5.32 Å². The second-order valence-electron chi connectivity index (χ2n) is 4.64. The van der Waals surface area contributed by atoms with Gasteiger partial charge in [-0.3, -0.25) is 13.8 Å². The van der Waals surface area contributed by atoms with E-state index in [1.54, 1.807) is 13.8 Å². The standard InChI is InChI=1S/C13H25NO4S/c1-6-11(7-2)14-12(15)10(4)19(17)8-9(3)13(16)18-5/h9-11H,6-8H2,1-5H3,(H,14,15). The number of carbonyl (C=O) groups is 2. The molecule has 0 radical (unpaired) electrons. The highest BCUT2D eigenvalue weighted by atomic mass is 32.2. The molecule has 0 rings (SSSR count). The van der Waals surface area contributed by atoms with Crippen molar-refractivity contribution in [2.75, 3.05) is 12.9 Å². The first-order valence-corrected chi connectivity index (χ1v) is 8.00. The Hall–Kier alpha value is -0.910. The van der Waals surface area contributed by atoms with Gasteiger partial charge in [0.25, 0.3) is 0 Å². The van der Waals surface area contributed by atoms with Crippen LogP contribution in [0.15, 0.2) is 0 Å². The highest BCUT2D eigenvalue weighted by Crippen LogP contribution is 2.07. The third kappa shape index (κ3) is 6.18. The van der Waals surface area contributed by atoms with Crippen molar-refractivity contribution in [3.63, 3.8) is 0 Å². The van der Waals surface area contributed by atoms with Crippen LogP contribution in [-0.4, -0.2) is 40.2 Å². The molecule has 0 bridgehead atoms. The summed E-state index contributed by atoms with van der Waals surface area (Å²) in [6, 6.07) is 0.116. The van der Waals surface area contributed by atoms with Crippen LogP contribution in [0.5, 0.6) is 0 Å². The van der Waals surface area contributed by atoms with Gasteiger partial charge >= 0.3 is 5.97 Å². The highest BCUT2D eigenvalue weighted by molar-refractivity contribution is 7.86. The van der Waals surface area contributed by atoms with Gasteiger partial charge in [0.2, 0.25) is 5.91 Å². The summed E-state index contributed by atoms with van der Waals surface area (Å²) in [7, 11) is -0.0838. The predicted octanol–water partition coefficient (Wildman–Crippen LogP) is 1.24. The zero-order valence-corrected chi connectivity index (χ0v) is 13.2. The van der Waals surface area contributed by atoms with Gasteiger partial charge in [-0.25, -0.2) is 0 Å². The van der Waals surface area contributed by atoms with Gasteiger partial charge < -0.3 is 10.1 Å². The number of ether oxygens (including phenoxy) is 1. The van der Waals surface area contributed by atoms with E-state index in [4.69, 9.17) is 0 Å². The van der Waals surface area contributed by atoms with Crippen LogP contribution in [0.25, 0.3) is 0 Å². The molecule has 0 aromatic rings. The van der Waals surface area contributed by atoms with Crippen LogP contribution >= 0.6 is 0 Å². The molecule has 3 unspecified atom stereocenters. The third-order valence-electron chi connectivity index (χ3n) is 3.11. The van der Waals surface area contributed by atoms with Crippen molar-refractivity contribution in [1.29, 1.82) is 0 Å². The maximum atomic E-state index is 12.0. The average molecular weight is 291 g/mol. The van der Waals surface area contributed by atoms with Crippen LogP contribution in [0.1, 0.15) is 40.5 Å². The van der Waals surface area contributed by atoms with E-state index >= 15 is 0 Å². The monoisotopic (exact) mass is 291 g/mol. The lowest BCUT2D eigenvalue weighted by Gasteiger charge is -2.19. The summed E-state index contributed by atoms with van der Waals surface area (Å²) in [6.07, 6.45) is 1.69. The SMILES string of the molecule is CCC(CC)NC(=O)C(C)S(=O)CC(C)C(=O)OC. The van der Waals surface area contributed by atoms with Crippen LogP contribution in [-0.2, 0) is 25.1 Å². The molecule has 3 atom stereocenters. The number of amides is 1. The second kappa shape index (κ2) is 9.07. The van der Waals surface area contributed by atoms with E-state index in [-0.39, 0.29) is 17.7 Å². The Morgan fingerprint density at radius 1 is 1.21 bits per heavy atom. The van der Waals surface area contributed by atoms with Crippen molar-refractivity contribution < 1.29 is 18.5 Å². The highest BCUT2D eigenvalue weighted by Gasteiger charge is 2.25. The molecule has 1 N–H and O–H groups in total. The summed E-state index contributed by atoms with van der Waals surface area (Å²) in [5.41, 5.74) is 0. The van der Waals surface area contributed by atoms with Gasteiger partial charge in [-0.2, -0.15) is 0 Å². The average Bonchev–Trinajstić information content (AvgIpc) is 2.42. The summed E-state index contributed by atoms with van der Waals surface area (Å²) in [6.45, 7) is 7.26. The number of methoxy groups -OCH3 is 1. The summed E-state index contributed by atoms with van der Waals surface area (Å²) in [5, 5.41) is 2.25. The van der Waals surface area contributed by atoms with Gasteiger partial charge in [-0.05, 0) is 19.8 Å². The van der Waals surface area contributed by atoms with E-state index in [0.29, 0.717) is 0 Å². The van der Waals surface area contributed by atoms with Crippen LogP contribution in [0.2, 0.25) is 0 Å². The Labute approximate surface area is 117 Å². The first-order valence-electron chi connectivity index (χ1n) is 6.62. The van der Waals surface area contributed by atoms with Gasteiger partial charge in [0, 0.05) is 22.6 Å². The molecule has 0 aromatic carbocycles. The number of hydrogen-bond donors (Lipinski definition) is 1. The molecule has 0 aliphatic heterocycles. The van der Waals surface area contributed by atoms with Crippen molar-refractivity contribution >= 4 is 22.7 Å². The van der Waals surface area contributed by atoms with Crippen LogP contribution in [0.3, 0.4) is 0 Å². The topological polar surface area (TPSA) is 72.5 Å². The molecular weight excluding hydrogens is 266 g/mol.